The molecule has 0 atom stereocenters. The quantitative estimate of drug-likeness (QED) is 0.201. The zero-order valence-corrected chi connectivity index (χ0v) is 24.8. The number of nitrogens with zero attached hydrogens (tertiary/aromatic N) is 6. The predicted molar refractivity (Wildman–Crippen MR) is 168 cm³/mol. The molecule has 1 amide bonds. The molecule has 3 aromatic carbocycles. The number of fused-ring (bicyclic) bond motifs is 4. The highest BCUT2D eigenvalue weighted by atomic mass is 32.2. The number of rotatable bonds is 8. The normalized spacial score (nSPS) is 13.0. The van der Waals surface area contributed by atoms with Crippen LogP contribution in [0.4, 0.5) is 5.69 Å². The Labute approximate surface area is 253 Å². The molecule has 42 heavy (non-hydrogen) atoms. The molecule has 3 heterocycles. The third-order valence-electron chi connectivity index (χ3n) is 7.17. The molecule has 0 saturated heterocycles. The van der Waals surface area contributed by atoms with Gasteiger partial charge >= 0.3 is 0 Å². The minimum Gasteiger partial charge on any atom is -0.325 e. The van der Waals surface area contributed by atoms with Crippen LogP contribution in [0.1, 0.15) is 28.9 Å². The highest BCUT2D eigenvalue weighted by Crippen LogP contribution is 2.34. The monoisotopic (exact) mass is 611 g/mol. The molecule has 1 N–H and O–H groups in total. The standard InChI is InChI=1S/C30H25N7O2S3/c38-27(17-40-29-33-34-35-37(29)20-8-2-1-3-9-20)31-19-14-15-23-26(16-19)42-30(32-23)41-18-28(39)36-24-12-6-4-10-21(24)22-11-5-7-13-25(22)36/h1-4,6,8-10,12,14-16H,5,7,11,13,17-18H2,(H,31,38). The van der Waals surface area contributed by atoms with Crippen LogP contribution in [0.3, 0.4) is 0 Å². The Kier molecular flexibility index (Phi) is 7.49. The minimum atomic E-state index is -0.158. The third-order valence-corrected chi connectivity index (χ3v) is 10.2. The Hall–Kier alpha value is -4.00. The predicted octanol–water partition coefficient (Wildman–Crippen LogP) is 6.27. The summed E-state index contributed by atoms with van der Waals surface area (Å²) in [6.45, 7) is 0. The number of benzene rings is 3. The Morgan fingerprint density at radius 2 is 1.76 bits per heavy atom. The highest BCUT2D eigenvalue weighted by Gasteiger charge is 2.23. The number of thioether (sulfide) groups is 2. The van der Waals surface area contributed by atoms with Gasteiger partial charge in [-0.3, -0.25) is 14.2 Å². The second kappa shape index (κ2) is 11.7. The molecule has 210 valence electrons. The maximum atomic E-state index is 13.5. The molecule has 9 nitrogen and oxygen atoms in total. The van der Waals surface area contributed by atoms with Gasteiger partial charge in [-0.05, 0) is 78.1 Å². The summed E-state index contributed by atoms with van der Waals surface area (Å²) in [5.74, 6) is 0.402. The summed E-state index contributed by atoms with van der Waals surface area (Å²) in [7, 11) is 0. The van der Waals surface area contributed by atoms with Crippen LogP contribution in [-0.4, -0.2) is 53.1 Å². The van der Waals surface area contributed by atoms with E-state index in [1.807, 2.05) is 71.3 Å². The number of aromatic nitrogens is 6. The van der Waals surface area contributed by atoms with Crippen molar-refractivity contribution >= 4 is 73.5 Å². The van der Waals surface area contributed by atoms with Crippen molar-refractivity contribution in [3.05, 3.63) is 84.1 Å². The Balaban J connectivity index is 1.00. The lowest BCUT2D eigenvalue weighted by Gasteiger charge is -2.14. The Morgan fingerprint density at radius 3 is 2.67 bits per heavy atom. The van der Waals surface area contributed by atoms with E-state index in [4.69, 9.17) is 4.98 Å². The number of carbonyl (C=O) groups excluding carboxylic acids is 2. The van der Waals surface area contributed by atoms with E-state index in [1.54, 1.807) is 4.68 Å². The number of nitrogens with one attached hydrogen (secondary N) is 1. The van der Waals surface area contributed by atoms with Gasteiger partial charge in [0.1, 0.15) is 0 Å². The van der Waals surface area contributed by atoms with Gasteiger partial charge in [-0.2, -0.15) is 4.68 Å². The maximum absolute atomic E-state index is 13.5. The number of carbonyl (C=O) groups is 2. The van der Waals surface area contributed by atoms with Gasteiger partial charge in [-0.1, -0.05) is 59.9 Å². The Bertz CT molecular complexity index is 1930. The van der Waals surface area contributed by atoms with E-state index in [-0.39, 0.29) is 17.6 Å². The zero-order valence-electron chi connectivity index (χ0n) is 22.4. The summed E-state index contributed by atoms with van der Waals surface area (Å²) in [6.07, 6.45) is 4.26. The molecule has 0 fully saturated rings. The molecular formula is C30H25N7O2S3. The molecule has 0 spiro atoms. The molecule has 0 radical (unpaired) electrons. The molecule has 3 aromatic heterocycles. The number of hydrogen-bond donors (Lipinski definition) is 1. The lowest BCUT2D eigenvalue weighted by molar-refractivity contribution is -0.113. The van der Waals surface area contributed by atoms with E-state index >= 15 is 0 Å². The molecule has 6 aromatic rings. The molecule has 12 heteroatoms. The van der Waals surface area contributed by atoms with Gasteiger partial charge in [0.15, 0.2) is 4.34 Å². The SMILES string of the molecule is O=C(CSc1nnnn1-c1ccccc1)Nc1ccc2nc(SCC(=O)n3c4c(c5ccccc53)CCCC4)sc2c1. The first-order chi connectivity index (χ1) is 20.6. The van der Waals surface area contributed by atoms with Crippen LogP contribution in [0.25, 0.3) is 26.8 Å². The molecule has 0 unspecified atom stereocenters. The number of hydrogen-bond acceptors (Lipinski definition) is 9. The van der Waals surface area contributed by atoms with Gasteiger partial charge in [-0.25, -0.2) is 4.98 Å². The average Bonchev–Trinajstić information content (AvgIpc) is 3.74. The van der Waals surface area contributed by atoms with Gasteiger partial charge in [0, 0.05) is 16.8 Å². The van der Waals surface area contributed by atoms with Crippen molar-refractivity contribution in [1.82, 2.24) is 29.8 Å². The summed E-state index contributed by atoms with van der Waals surface area (Å²) >= 11 is 4.26. The van der Waals surface area contributed by atoms with Crippen LogP contribution in [0, 0.1) is 0 Å². The minimum absolute atomic E-state index is 0.0855. The molecule has 0 aliphatic heterocycles. The number of aryl methyl sites for hydroxylation is 1. The van der Waals surface area contributed by atoms with Crippen molar-refractivity contribution < 1.29 is 9.59 Å². The van der Waals surface area contributed by atoms with E-state index in [0.717, 1.165) is 45.0 Å². The maximum Gasteiger partial charge on any atom is 0.241 e. The van der Waals surface area contributed by atoms with Gasteiger partial charge in [-0.15, -0.1) is 16.4 Å². The van der Waals surface area contributed by atoms with Crippen molar-refractivity contribution in [1.29, 1.82) is 0 Å². The number of amides is 1. The molecule has 7 rings (SSSR count). The summed E-state index contributed by atoms with van der Waals surface area (Å²) in [4.78, 5) is 30.9. The first-order valence-electron chi connectivity index (χ1n) is 13.6. The van der Waals surface area contributed by atoms with Gasteiger partial charge in [0.25, 0.3) is 0 Å². The van der Waals surface area contributed by atoms with Gasteiger partial charge in [0.05, 0.1) is 32.9 Å². The van der Waals surface area contributed by atoms with E-state index in [9.17, 15) is 9.59 Å². The van der Waals surface area contributed by atoms with Crippen molar-refractivity contribution in [3.8, 4) is 5.69 Å². The fourth-order valence-electron chi connectivity index (χ4n) is 5.34. The first-order valence-corrected chi connectivity index (χ1v) is 16.4. The van der Waals surface area contributed by atoms with Crippen molar-refractivity contribution in [2.75, 3.05) is 16.8 Å². The number of thiazole rings is 1. The number of anilines is 1. The van der Waals surface area contributed by atoms with Crippen LogP contribution in [0.2, 0.25) is 0 Å². The van der Waals surface area contributed by atoms with Crippen LogP contribution in [0.15, 0.2) is 82.3 Å². The molecule has 1 aliphatic carbocycles. The summed E-state index contributed by atoms with van der Waals surface area (Å²) in [6, 6.07) is 23.4. The second-order valence-electron chi connectivity index (χ2n) is 9.88. The largest absolute Gasteiger partial charge is 0.325 e. The molecule has 0 bridgehead atoms. The smallest absolute Gasteiger partial charge is 0.241 e. The summed E-state index contributed by atoms with van der Waals surface area (Å²) < 4.78 is 5.33. The number of para-hydroxylation sites is 2. The van der Waals surface area contributed by atoms with Crippen molar-refractivity contribution in [3.63, 3.8) is 0 Å². The lowest BCUT2D eigenvalue weighted by Crippen LogP contribution is -2.18. The topological polar surface area (TPSA) is 108 Å². The summed E-state index contributed by atoms with van der Waals surface area (Å²) in [5, 5.41) is 16.5. The van der Waals surface area contributed by atoms with Crippen molar-refractivity contribution in [2.45, 2.75) is 35.2 Å². The molecule has 1 aliphatic rings. The van der Waals surface area contributed by atoms with Gasteiger partial charge in [0.2, 0.25) is 17.0 Å². The van der Waals surface area contributed by atoms with Crippen LogP contribution in [-0.2, 0) is 17.6 Å². The van der Waals surface area contributed by atoms with Gasteiger partial charge < -0.3 is 5.32 Å². The lowest BCUT2D eigenvalue weighted by atomic mass is 9.96. The van der Waals surface area contributed by atoms with E-state index < -0.39 is 0 Å². The van der Waals surface area contributed by atoms with E-state index in [1.165, 1.54) is 57.9 Å². The fourth-order valence-corrected chi connectivity index (χ4v) is 7.99. The summed E-state index contributed by atoms with van der Waals surface area (Å²) in [5.41, 5.74) is 5.88. The number of tetrazole rings is 1. The van der Waals surface area contributed by atoms with Crippen LogP contribution >= 0.6 is 34.9 Å². The molecular weight excluding hydrogens is 587 g/mol. The molecule has 0 saturated carbocycles. The van der Waals surface area contributed by atoms with Crippen LogP contribution < -0.4 is 5.32 Å². The average molecular weight is 612 g/mol. The first kappa shape index (κ1) is 26.9. The van der Waals surface area contributed by atoms with E-state index in [2.05, 4.69) is 26.9 Å². The van der Waals surface area contributed by atoms with E-state index in [0.29, 0.717) is 16.6 Å². The highest BCUT2D eigenvalue weighted by molar-refractivity contribution is 8.01. The van der Waals surface area contributed by atoms with Crippen molar-refractivity contribution in [2.24, 2.45) is 0 Å². The Morgan fingerprint density at radius 1 is 0.929 bits per heavy atom. The fraction of sp³-hybridized carbons (Fsp3) is 0.200. The third kappa shape index (κ3) is 5.33. The second-order valence-corrected chi connectivity index (χ2v) is 13.1. The zero-order chi connectivity index (χ0) is 28.5. The van der Waals surface area contributed by atoms with Crippen LogP contribution in [0.5, 0.6) is 0 Å².